The molecule has 0 radical (unpaired) electrons. The van der Waals surface area contributed by atoms with Gasteiger partial charge in [0.15, 0.2) is 11.7 Å². The van der Waals surface area contributed by atoms with Crippen molar-refractivity contribution in [3.63, 3.8) is 0 Å². The van der Waals surface area contributed by atoms with Crippen LogP contribution >= 0.6 is 0 Å². The summed E-state index contributed by atoms with van der Waals surface area (Å²) in [6, 6.07) is 7.86. The molecule has 0 aliphatic carbocycles. The lowest BCUT2D eigenvalue weighted by molar-refractivity contribution is 0.641. The Morgan fingerprint density at radius 2 is 1.46 bits per heavy atom. The van der Waals surface area contributed by atoms with Gasteiger partial charge in [-0.15, -0.1) is 0 Å². The van der Waals surface area contributed by atoms with Crippen molar-refractivity contribution in [3.05, 3.63) is 41.2 Å². The van der Waals surface area contributed by atoms with Gasteiger partial charge in [0.2, 0.25) is 0 Å². The third-order valence-electron chi connectivity index (χ3n) is 3.01. The lowest BCUT2D eigenvalue weighted by atomic mass is 10.2. The van der Waals surface area contributed by atoms with Crippen molar-refractivity contribution in [1.82, 2.24) is 9.80 Å². The maximum Gasteiger partial charge on any atom is 0.183 e. The van der Waals surface area contributed by atoms with Crippen LogP contribution < -0.4 is 5.73 Å². The summed E-state index contributed by atoms with van der Waals surface area (Å²) in [5, 5.41) is 0. The molecule has 0 saturated carbocycles. The van der Waals surface area contributed by atoms with Crippen LogP contribution in [0.5, 0.6) is 0 Å². The number of hydrogen-bond donors (Lipinski definition) is 1. The van der Waals surface area contributed by atoms with Gasteiger partial charge in [-0.3, -0.25) is 0 Å². The second kappa shape index (κ2) is 7.54. The molecule has 0 saturated heterocycles. The Kier molecular flexibility index (Phi) is 5.47. The molecule has 1 aromatic carbocycles. The Morgan fingerprint density at radius 3 is 2.00 bits per heavy atom. The molecule has 0 unspecified atom stereocenters. The van der Waals surface area contributed by atoms with Crippen molar-refractivity contribution >= 4 is 30.0 Å². The predicted octanol–water partition coefficient (Wildman–Crippen LogP) is 1.79. The Balaban J connectivity index is 2.47. The molecule has 0 amide bonds. The molecule has 7 nitrogen and oxygen atoms in total. The molecule has 7 heteroatoms. The highest BCUT2D eigenvalue weighted by atomic mass is 15.2. The lowest BCUT2D eigenvalue weighted by Gasteiger charge is -2.05. The minimum atomic E-state index is 0.310. The second-order valence-electron chi connectivity index (χ2n) is 5.88. The predicted molar refractivity (Wildman–Crippen MR) is 101 cm³/mol. The summed E-state index contributed by atoms with van der Waals surface area (Å²) in [4.78, 5) is 21.4. The summed E-state index contributed by atoms with van der Waals surface area (Å²) < 4.78 is 0. The first-order valence-corrected chi connectivity index (χ1v) is 7.52. The van der Waals surface area contributed by atoms with E-state index in [1.807, 2.05) is 69.2 Å². The molecule has 2 rings (SSSR count). The molecule has 0 atom stereocenters. The highest BCUT2D eigenvalue weighted by molar-refractivity contribution is 6.20. The van der Waals surface area contributed by atoms with E-state index in [2.05, 4.69) is 20.0 Å². The Bertz CT molecular complexity index is 735. The number of hydrogen-bond acceptors (Lipinski definition) is 4. The Labute approximate surface area is 142 Å². The molecule has 126 valence electrons. The summed E-state index contributed by atoms with van der Waals surface area (Å²) in [6.07, 6.45) is 3.34. The van der Waals surface area contributed by atoms with Crippen LogP contribution in [0.1, 0.15) is 5.56 Å². The summed E-state index contributed by atoms with van der Waals surface area (Å²) >= 11 is 0. The first kappa shape index (κ1) is 17.4. The SMILES string of the molecule is Cc1ccc(N=C2N=C(N)C(N=CN(C)C)=C2N=CN(C)C)cc1. The second-order valence-corrected chi connectivity index (χ2v) is 5.88. The maximum absolute atomic E-state index is 6.02. The maximum atomic E-state index is 6.02. The number of nitrogens with two attached hydrogens (primary N) is 1. The normalized spacial score (nSPS) is 16.5. The highest BCUT2D eigenvalue weighted by Crippen LogP contribution is 2.22. The molecule has 24 heavy (non-hydrogen) atoms. The van der Waals surface area contributed by atoms with Crippen molar-refractivity contribution in [2.75, 3.05) is 28.2 Å². The van der Waals surface area contributed by atoms with E-state index in [9.17, 15) is 0 Å². The van der Waals surface area contributed by atoms with Crippen molar-refractivity contribution in [1.29, 1.82) is 0 Å². The van der Waals surface area contributed by atoms with Crippen LogP contribution in [-0.2, 0) is 0 Å². The number of amidine groups is 2. The fourth-order valence-electron chi connectivity index (χ4n) is 1.86. The van der Waals surface area contributed by atoms with E-state index >= 15 is 0 Å². The van der Waals surface area contributed by atoms with Gasteiger partial charge < -0.3 is 15.5 Å². The molecule has 0 bridgehead atoms. The van der Waals surface area contributed by atoms with Gasteiger partial charge >= 0.3 is 0 Å². The molecule has 0 aromatic heterocycles. The van der Waals surface area contributed by atoms with Gasteiger partial charge in [-0.1, -0.05) is 17.7 Å². The van der Waals surface area contributed by atoms with Crippen molar-refractivity contribution in [2.24, 2.45) is 25.7 Å². The molecule has 1 aliphatic rings. The molecule has 1 aliphatic heterocycles. The first-order valence-electron chi connectivity index (χ1n) is 7.52. The van der Waals surface area contributed by atoms with Crippen LogP contribution in [0.2, 0.25) is 0 Å². The van der Waals surface area contributed by atoms with Gasteiger partial charge in [-0.2, -0.15) is 0 Å². The van der Waals surface area contributed by atoms with Gasteiger partial charge in [-0.25, -0.2) is 20.0 Å². The molecule has 2 N–H and O–H groups in total. The van der Waals surface area contributed by atoms with Crippen molar-refractivity contribution < 1.29 is 0 Å². The average Bonchev–Trinajstić information content (AvgIpc) is 2.80. The fourth-order valence-corrected chi connectivity index (χ4v) is 1.86. The van der Waals surface area contributed by atoms with Gasteiger partial charge in [0, 0.05) is 28.2 Å². The van der Waals surface area contributed by atoms with Crippen LogP contribution in [-0.4, -0.2) is 62.3 Å². The molecule has 1 heterocycles. The third kappa shape index (κ3) is 4.52. The summed E-state index contributed by atoms with van der Waals surface area (Å²) in [5.41, 5.74) is 9.06. The number of benzene rings is 1. The number of aryl methyl sites for hydroxylation is 1. The monoisotopic (exact) mass is 325 g/mol. The zero-order chi connectivity index (χ0) is 17.7. The fraction of sp³-hybridized carbons (Fsp3) is 0.294. The van der Waals surface area contributed by atoms with Crippen LogP contribution in [0.15, 0.2) is 55.6 Å². The highest BCUT2D eigenvalue weighted by Gasteiger charge is 2.23. The first-order chi connectivity index (χ1) is 11.4. The lowest BCUT2D eigenvalue weighted by Crippen LogP contribution is -2.14. The largest absolute Gasteiger partial charge is 0.382 e. The summed E-state index contributed by atoms with van der Waals surface area (Å²) in [5.74, 6) is 0.769. The zero-order valence-corrected chi connectivity index (χ0v) is 14.7. The van der Waals surface area contributed by atoms with Crippen LogP contribution in [0.25, 0.3) is 0 Å². The minimum absolute atomic E-state index is 0.310. The van der Waals surface area contributed by atoms with E-state index in [4.69, 9.17) is 5.73 Å². The quantitative estimate of drug-likeness (QED) is 0.662. The number of nitrogens with zero attached hydrogens (tertiary/aromatic N) is 6. The molecule has 0 spiro atoms. The number of aliphatic imine (C=N–C) groups is 4. The van der Waals surface area contributed by atoms with Crippen LogP contribution in [0.4, 0.5) is 5.69 Å². The Hall–Kier alpha value is -2.96. The molecular weight excluding hydrogens is 302 g/mol. The minimum Gasteiger partial charge on any atom is -0.382 e. The third-order valence-corrected chi connectivity index (χ3v) is 3.01. The van der Waals surface area contributed by atoms with Crippen molar-refractivity contribution in [2.45, 2.75) is 6.92 Å². The van der Waals surface area contributed by atoms with E-state index < -0.39 is 0 Å². The van der Waals surface area contributed by atoms with Crippen LogP contribution in [0.3, 0.4) is 0 Å². The van der Waals surface area contributed by atoms with Gasteiger partial charge in [0.25, 0.3) is 0 Å². The molecule has 0 fully saturated rings. The van der Waals surface area contributed by atoms with Gasteiger partial charge in [0.1, 0.15) is 11.4 Å². The van der Waals surface area contributed by atoms with E-state index in [0.717, 1.165) is 5.69 Å². The van der Waals surface area contributed by atoms with Gasteiger partial charge in [-0.05, 0) is 19.1 Å². The van der Waals surface area contributed by atoms with E-state index in [0.29, 0.717) is 23.1 Å². The van der Waals surface area contributed by atoms with Crippen LogP contribution in [0, 0.1) is 6.92 Å². The summed E-state index contributed by atoms with van der Waals surface area (Å²) in [6.45, 7) is 2.03. The van der Waals surface area contributed by atoms with Gasteiger partial charge in [0.05, 0.1) is 18.4 Å². The number of rotatable bonds is 5. The van der Waals surface area contributed by atoms with E-state index in [1.165, 1.54) is 5.56 Å². The molecular formula is C17H23N7. The summed E-state index contributed by atoms with van der Waals surface area (Å²) in [7, 11) is 7.55. The molecule has 1 aromatic rings. The van der Waals surface area contributed by atoms with E-state index in [1.54, 1.807) is 12.7 Å². The van der Waals surface area contributed by atoms with Crippen molar-refractivity contribution in [3.8, 4) is 0 Å². The van der Waals surface area contributed by atoms with E-state index in [-0.39, 0.29) is 0 Å². The smallest absolute Gasteiger partial charge is 0.183 e. The topological polar surface area (TPSA) is 81.9 Å². The standard InChI is InChI=1S/C17H23N7/c1-12-6-8-13(9-7-12)21-17-15(20-11-24(4)5)14(16(18)22-17)19-10-23(2)3/h6-11H,1-5H3,(H2,18,21,22). The Morgan fingerprint density at radius 1 is 0.917 bits per heavy atom. The average molecular weight is 325 g/mol. The zero-order valence-electron chi connectivity index (χ0n) is 14.7.